The van der Waals surface area contributed by atoms with Crippen LogP contribution in [0.4, 0.5) is 11.4 Å². The third kappa shape index (κ3) is 9.73. The van der Waals surface area contributed by atoms with Crippen LogP contribution in [-0.4, -0.2) is 12.4 Å². The van der Waals surface area contributed by atoms with Gasteiger partial charge < -0.3 is 9.53 Å². The van der Waals surface area contributed by atoms with Crippen molar-refractivity contribution in [2.75, 3.05) is 0 Å². The normalized spacial score (nSPS) is 12.1. The lowest BCUT2D eigenvalue weighted by Gasteiger charge is -2.16. The van der Waals surface area contributed by atoms with Crippen molar-refractivity contribution < 1.29 is 9.53 Å². The molecule has 1 atom stereocenters. The minimum Gasteiger partial charge on any atom is -0.491 e. The number of unbranched alkanes of at least 4 members (excludes halogenated alkanes) is 5. The van der Waals surface area contributed by atoms with Crippen molar-refractivity contribution in [1.82, 2.24) is 0 Å². The van der Waals surface area contributed by atoms with Crippen molar-refractivity contribution in [3.63, 3.8) is 0 Å². The summed E-state index contributed by atoms with van der Waals surface area (Å²) in [6.07, 6.45) is 10.8. The third-order valence-electron chi connectivity index (χ3n) is 5.25. The lowest BCUT2D eigenvalue weighted by atomic mass is 10.1. The van der Waals surface area contributed by atoms with E-state index in [1.807, 2.05) is 36.4 Å². The van der Waals surface area contributed by atoms with Crippen LogP contribution in [0.15, 0.2) is 65.3 Å². The molecule has 2 aromatic rings. The molecule has 0 saturated carbocycles. The molecule has 0 aliphatic rings. The van der Waals surface area contributed by atoms with Gasteiger partial charge in [0.15, 0.2) is 0 Å². The zero-order valence-electron chi connectivity index (χ0n) is 19.1. The number of aryl methyl sites for hydroxylation is 1. The van der Waals surface area contributed by atoms with Gasteiger partial charge in [-0.3, -0.25) is 0 Å². The molecule has 0 fully saturated rings. The van der Waals surface area contributed by atoms with Crippen LogP contribution >= 0.6 is 0 Å². The number of nitrogens with zero attached hydrogens (tertiary/aromatic N) is 2. The van der Waals surface area contributed by atoms with E-state index in [1.165, 1.54) is 31.2 Å². The van der Waals surface area contributed by atoms with Crippen molar-refractivity contribution in [3.05, 3.63) is 66.2 Å². The summed E-state index contributed by atoms with van der Waals surface area (Å²) >= 11 is 0. The second kappa shape index (κ2) is 14.3. The van der Waals surface area contributed by atoms with Gasteiger partial charge in [-0.1, -0.05) is 44.9 Å². The van der Waals surface area contributed by atoms with Gasteiger partial charge in [-0.2, -0.15) is 10.2 Å². The Morgan fingerprint density at radius 1 is 0.935 bits per heavy atom. The molecule has 0 saturated heterocycles. The van der Waals surface area contributed by atoms with E-state index in [9.17, 15) is 4.79 Å². The Labute approximate surface area is 187 Å². The second-order valence-electron chi connectivity index (χ2n) is 8.03. The van der Waals surface area contributed by atoms with E-state index in [0.717, 1.165) is 48.9 Å². The fourth-order valence-electron chi connectivity index (χ4n) is 3.34. The molecule has 0 amide bonds. The lowest BCUT2D eigenvalue weighted by Crippen LogP contribution is -2.06. The third-order valence-corrected chi connectivity index (χ3v) is 5.25. The number of benzene rings is 2. The number of rotatable bonds is 15. The predicted molar refractivity (Wildman–Crippen MR) is 129 cm³/mol. The van der Waals surface area contributed by atoms with Crippen LogP contribution in [-0.2, 0) is 16.0 Å². The smallest absolute Gasteiger partial charge is 0.119 e. The van der Waals surface area contributed by atoms with Gasteiger partial charge in [-0.25, -0.2) is 0 Å². The first-order valence-electron chi connectivity index (χ1n) is 11.5. The van der Waals surface area contributed by atoms with Crippen LogP contribution in [0.5, 0.6) is 0 Å². The van der Waals surface area contributed by atoms with Crippen LogP contribution in [0.1, 0.15) is 76.3 Å². The van der Waals surface area contributed by atoms with Crippen molar-refractivity contribution in [3.8, 4) is 0 Å². The molecule has 0 aliphatic heterocycles. The molecule has 4 heteroatoms. The molecule has 4 nitrogen and oxygen atoms in total. The molecule has 2 aromatic carbocycles. The summed E-state index contributed by atoms with van der Waals surface area (Å²) in [4.78, 5) is 10.4. The SMILES string of the molecule is C=C(OC(C)CCCCCC)c1ccc(N=Nc2ccc(CCCCC=O)cc2)cc1. The van der Waals surface area contributed by atoms with Gasteiger partial charge in [0.25, 0.3) is 0 Å². The summed E-state index contributed by atoms with van der Waals surface area (Å²) in [5, 5.41) is 8.65. The highest BCUT2D eigenvalue weighted by Gasteiger charge is 2.07. The summed E-state index contributed by atoms with van der Waals surface area (Å²) in [6, 6.07) is 15.9. The highest BCUT2D eigenvalue weighted by Crippen LogP contribution is 2.23. The van der Waals surface area contributed by atoms with E-state index >= 15 is 0 Å². The van der Waals surface area contributed by atoms with Gasteiger partial charge in [0, 0.05) is 12.0 Å². The first kappa shape index (κ1) is 24.5. The van der Waals surface area contributed by atoms with Crippen molar-refractivity contribution >= 4 is 23.4 Å². The molecule has 166 valence electrons. The Morgan fingerprint density at radius 3 is 2.19 bits per heavy atom. The van der Waals surface area contributed by atoms with Gasteiger partial charge in [-0.15, -0.1) is 0 Å². The fourth-order valence-corrected chi connectivity index (χ4v) is 3.34. The van der Waals surface area contributed by atoms with Gasteiger partial charge >= 0.3 is 0 Å². The maximum atomic E-state index is 10.4. The second-order valence-corrected chi connectivity index (χ2v) is 8.03. The monoisotopic (exact) mass is 420 g/mol. The minimum atomic E-state index is 0.178. The van der Waals surface area contributed by atoms with Gasteiger partial charge in [0.05, 0.1) is 17.5 Å². The molecule has 2 rings (SSSR count). The minimum absolute atomic E-state index is 0.178. The molecular weight excluding hydrogens is 384 g/mol. The van der Waals surface area contributed by atoms with Gasteiger partial charge in [-0.05, 0) is 81.0 Å². The number of aldehydes is 1. The Kier molecular flexibility index (Phi) is 11.3. The Morgan fingerprint density at radius 2 is 1.58 bits per heavy atom. The maximum absolute atomic E-state index is 10.4. The highest BCUT2D eigenvalue weighted by atomic mass is 16.5. The van der Waals surface area contributed by atoms with Crippen molar-refractivity contribution in [2.45, 2.75) is 77.7 Å². The lowest BCUT2D eigenvalue weighted by molar-refractivity contribution is -0.107. The van der Waals surface area contributed by atoms with Crippen molar-refractivity contribution in [2.24, 2.45) is 10.2 Å². The first-order valence-corrected chi connectivity index (χ1v) is 11.5. The van der Waals surface area contributed by atoms with Crippen LogP contribution in [0.2, 0.25) is 0 Å². The molecule has 0 bridgehead atoms. The summed E-state index contributed by atoms with van der Waals surface area (Å²) < 4.78 is 5.97. The van der Waals surface area contributed by atoms with Crippen molar-refractivity contribution in [1.29, 1.82) is 0 Å². The maximum Gasteiger partial charge on any atom is 0.119 e. The van der Waals surface area contributed by atoms with E-state index in [4.69, 9.17) is 4.74 Å². The number of azo groups is 1. The highest BCUT2D eigenvalue weighted by molar-refractivity contribution is 5.59. The molecule has 0 spiro atoms. The summed E-state index contributed by atoms with van der Waals surface area (Å²) in [5.41, 5.74) is 3.85. The van der Waals surface area contributed by atoms with Crippen LogP contribution < -0.4 is 0 Å². The molecule has 0 radical (unpaired) electrons. The summed E-state index contributed by atoms with van der Waals surface area (Å²) in [7, 11) is 0. The van der Waals surface area contributed by atoms with Crippen LogP contribution in [0, 0.1) is 0 Å². The Bertz CT molecular complexity index is 810. The standard InChI is InChI=1S/C27H36N2O2/c1-4-5-6-8-11-22(2)31-23(3)25-15-19-27(20-16-25)29-28-26-17-13-24(14-18-26)12-9-7-10-21-30/h13-22H,3-12H2,1-2H3. The molecule has 1 unspecified atom stereocenters. The fraction of sp³-hybridized carbons (Fsp3) is 0.444. The zero-order chi connectivity index (χ0) is 22.3. The molecule has 0 N–H and O–H groups in total. The Hall–Kier alpha value is -2.75. The van der Waals surface area contributed by atoms with Gasteiger partial charge in [0.2, 0.25) is 0 Å². The molecule has 0 heterocycles. The summed E-state index contributed by atoms with van der Waals surface area (Å²) in [6.45, 7) is 8.41. The van der Waals surface area contributed by atoms with E-state index in [-0.39, 0.29) is 6.10 Å². The van der Waals surface area contributed by atoms with Crippen LogP contribution in [0.3, 0.4) is 0 Å². The topological polar surface area (TPSA) is 51.0 Å². The van der Waals surface area contributed by atoms with Gasteiger partial charge in [0.1, 0.15) is 12.0 Å². The first-order chi connectivity index (χ1) is 15.1. The largest absolute Gasteiger partial charge is 0.491 e. The molecule has 0 aromatic heterocycles. The number of ether oxygens (including phenoxy) is 1. The van der Waals surface area contributed by atoms with E-state index in [2.05, 4.69) is 42.8 Å². The zero-order valence-corrected chi connectivity index (χ0v) is 19.1. The number of hydrogen-bond acceptors (Lipinski definition) is 4. The Balaban J connectivity index is 1.81. The number of carbonyl (C=O) groups excluding carboxylic acids is 1. The predicted octanol–water partition coefficient (Wildman–Crippen LogP) is 8.36. The number of hydrogen-bond donors (Lipinski definition) is 0. The molecule has 0 aliphatic carbocycles. The average molecular weight is 421 g/mol. The summed E-state index contributed by atoms with van der Waals surface area (Å²) in [5.74, 6) is 0.704. The quantitative estimate of drug-likeness (QED) is 0.126. The molecule has 31 heavy (non-hydrogen) atoms. The van der Waals surface area contributed by atoms with Crippen LogP contribution in [0.25, 0.3) is 5.76 Å². The van der Waals surface area contributed by atoms with E-state index < -0.39 is 0 Å². The average Bonchev–Trinajstić information content (AvgIpc) is 2.79. The molecular formula is C27H36N2O2. The van der Waals surface area contributed by atoms with E-state index in [1.54, 1.807) is 0 Å². The van der Waals surface area contributed by atoms with E-state index in [0.29, 0.717) is 12.2 Å². The number of carbonyl (C=O) groups is 1.